The number of benzene rings is 1. The molecule has 0 N–H and O–H groups in total. The second-order valence-electron chi connectivity index (χ2n) is 3.00. The van der Waals surface area contributed by atoms with E-state index in [0.29, 0.717) is 0 Å². The Morgan fingerprint density at radius 2 is 2.33 bits per heavy atom. The molecule has 1 aromatic rings. The molecule has 2 rings (SSSR count). The van der Waals surface area contributed by atoms with Gasteiger partial charge in [-0.05, 0) is 24.6 Å². The van der Waals surface area contributed by atoms with E-state index in [9.17, 15) is 0 Å². The lowest BCUT2D eigenvalue weighted by atomic mass is 10.2. The maximum atomic E-state index is 5.63. The molecule has 2 nitrogen and oxygen atoms in total. The first-order valence-electron chi connectivity index (χ1n) is 4.01. The molecule has 0 fully saturated rings. The van der Waals surface area contributed by atoms with Crippen LogP contribution in [-0.2, 0) is 0 Å². The zero-order valence-electron chi connectivity index (χ0n) is 7.08. The lowest BCUT2D eigenvalue weighted by Gasteiger charge is -2.27. The van der Waals surface area contributed by atoms with E-state index in [2.05, 4.69) is 11.9 Å². The molecule has 0 aliphatic carbocycles. The lowest BCUT2D eigenvalue weighted by molar-refractivity contribution is 0.311. The number of nitrogens with zero attached hydrogens (tertiary/aromatic N) is 1. The molecule has 2 radical (unpaired) electrons. The van der Waals surface area contributed by atoms with Gasteiger partial charge < -0.3 is 9.64 Å². The predicted octanol–water partition coefficient (Wildman–Crippen LogP) is 1.57. The van der Waals surface area contributed by atoms with Crippen molar-refractivity contribution in [3.63, 3.8) is 0 Å². The van der Waals surface area contributed by atoms with Crippen LogP contribution in [0.15, 0.2) is 18.2 Å². The SMILES string of the molecule is [CH]c1ccc2c(c1)OCCN2C. The number of anilines is 1. The fourth-order valence-corrected chi connectivity index (χ4v) is 1.37. The Labute approximate surface area is 72.8 Å². The molecule has 0 saturated heterocycles. The minimum absolute atomic E-state index is 0.743. The number of hydrogen-bond acceptors (Lipinski definition) is 2. The molecule has 1 aliphatic rings. The van der Waals surface area contributed by atoms with Crippen molar-refractivity contribution in [2.45, 2.75) is 0 Å². The summed E-state index contributed by atoms with van der Waals surface area (Å²) >= 11 is 0. The third kappa shape index (κ3) is 1.13. The highest BCUT2D eigenvalue weighted by Gasteiger charge is 2.13. The van der Waals surface area contributed by atoms with Crippen LogP contribution >= 0.6 is 0 Å². The summed E-state index contributed by atoms with van der Waals surface area (Å²) in [5.41, 5.74) is 1.87. The van der Waals surface area contributed by atoms with Crippen molar-refractivity contribution < 1.29 is 4.74 Å². The first-order chi connectivity index (χ1) is 5.77. The first-order valence-corrected chi connectivity index (χ1v) is 4.01. The van der Waals surface area contributed by atoms with Gasteiger partial charge in [0, 0.05) is 7.05 Å². The molecule has 1 heterocycles. The molecule has 0 saturated carbocycles. The fourth-order valence-electron chi connectivity index (χ4n) is 1.37. The van der Waals surface area contributed by atoms with Gasteiger partial charge in [-0.25, -0.2) is 0 Å². The summed E-state index contributed by atoms with van der Waals surface area (Å²) in [6.07, 6.45) is 0. The number of rotatable bonds is 0. The van der Waals surface area contributed by atoms with Crippen LogP contribution in [0.2, 0.25) is 0 Å². The largest absolute Gasteiger partial charge is 0.490 e. The molecular weight excluding hydrogens is 150 g/mol. The highest BCUT2D eigenvalue weighted by Crippen LogP contribution is 2.30. The Hall–Kier alpha value is -1.18. The highest BCUT2D eigenvalue weighted by molar-refractivity contribution is 5.60. The van der Waals surface area contributed by atoms with Crippen LogP contribution in [-0.4, -0.2) is 20.2 Å². The van der Waals surface area contributed by atoms with Crippen LogP contribution in [0.25, 0.3) is 0 Å². The Bertz CT molecular complexity index is 296. The molecule has 0 atom stereocenters. The molecule has 0 unspecified atom stereocenters. The number of fused-ring (bicyclic) bond motifs is 1. The Morgan fingerprint density at radius 1 is 1.50 bits per heavy atom. The van der Waals surface area contributed by atoms with Crippen LogP contribution in [0.4, 0.5) is 5.69 Å². The minimum Gasteiger partial charge on any atom is -0.490 e. The zero-order valence-corrected chi connectivity index (χ0v) is 7.08. The average molecular weight is 161 g/mol. The fraction of sp³-hybridized carbons (Fsp3) is 0.300. The van der Waals surface area contributed by atoms with Gasteiger partial charge in [-0.1, -0.05) is 6.07 Å². The van der Waals surface area contributed by atoms with Crippen molar-refractivity contribution in [1.82, 2.24) is 0 Å². The molecule has 62 valence electrons. The molecule has 2 heteroatoms. The normalized spacial score (nSPS) is 15.3. The Kier molecular flexibility index (Phi) is 1.68. The first kappa shape index (κ1) is 7.47. The molecule has 0 bridgehead atoms. The van der Waals surface area contributed by atoms with E-state index in [1.807, 2.05) is 18.2 Å². The predicted molar refractivity (Wildman–Crippen MR) is 48.6 cm³/mol. The van der Waals surface area contributed by atoms with Crippen LogP contribution < -0.4 is 9.64 Å². The van der Waals surface area contributed by atoms with Gasteiger partial charge in [-0.3, -0.25) is 0 Å². The van der Waals surface area contributed by atoms with E-state index in [0.717, 1.165) is 30.2 Å². The van der Waals surface area contributed by atoms with Crippen molar-refractivity contribution in [2.24, 2.45) is 0 Å². The number of hydrogen-bond donors (Lipinski definition) is 0. The second kappa shape index (κ2) is 2.70. The van der Waals surface area contributed by atoms with E-state index >= 15 is 0 Å². The third-order valence-electron chi connectivity index (χ3n) is 2.08. The molecule has 0 aromatic heterocycles. The maximum absolute atomic E-state index is 5.63. The van der Waals surface area contributed by atoms with Crippen LogP contribution in [0.5, 0.6) is 5.75 Å². The van der Waals surface area contributed by atoms with E-state index in [1.54, 1.807) is 0 Å². The summed E-state index contributed by atoms with van der Waals surface area (Å²) in [5, 5.41) is 0. The molecule has 12 heavy (non-hydrogen) atoms. The topological polar surface area (TPSA) is 12.5 Å². The van der Waals surface area contributed by atoms with E-state index in [4.69, 9.17) is 11.7 Å². The highest BCUT2D eigenvalue weighted by atomic mass is 16.5. The summed E-state index contributed by atoms with van der Waals surface area (Å²) in [6.45, 7) is 7.31. The van der Waals surface area contributed by atoms with E-state index < -0.39 is 0 Å². The lowest BCUT2D eigenvalue weighted by Crippen LogP contribution is -2.28. The summed E-state index contributed by atoms with van der Waals surface area (Å²) in [5.74, 6) is 0.892. The van der Waals surface area contributed by atoms with Crippen LogP contribution in [0.3, 0.4) is 0 Å². The van der Waals surface area contributed by atoms with Gasteiger partial charge in [-0.15, -0.1) is 0 Å². The quantitative estimate of drug-likeness (QED) is 0.572. The summed E-state index contributed by atoms with van der Waals surface area (Å²) < 4.78 is 5.45. The maximum Gasteiger partial charge on any atom is 0.142 e. The van der Waals surface area contributed by atoms with Crippen molar-refractivity contribution in [3.05, 3.63) is 30.7 Å². The van der Waals surface area contributed by atoms with Gasteiger partial charge in [0.25, 0.3) is 0 Å². The van der Waals surface area contributed by atoms with Crippen molar-refractivity contribution in [2.75, 3.05) is 25.1 Å². The van der Waals surface area contributed by atoms with Crippen molar-refractivity contribution >= 4 is 5.69 Å². The van der Waals surface area contributed by atoms with Gasteiger partial charge in [0.15, 0.2) is 0 Å². The standard InChI is InChI=1S/C10H11NO/c1-8-3-4-9-10(7-8)12-6-5-11(9)2/h1,3-4,7H,5-6H2,2H3. The Morgan fingerprint density at radius 3 is 3.17 bits per heavy atom. The molecule has 1 aliphatic heterocycles. The van der Waals surface area contributed by atoms with Gasteiger partial charge >= 0.3 is 0 Å². The summed E-state index contributed by atoms with van der Waals surface area (Å²) in [4.78, 5) is 2.16. The molecule has 0 amide bonds. The average Bonchev–Trinajstić information content (AvgIpc) is 2.04. The second-order valence-corrected chi connectivity index (χ2v) is 3.00. The Balaban J connectivity index is 2.46. The monoisotopic (exact) mass is 161 g/mol. The van der Waals surface area contributed by atoms with Gasteiger partial charge in [0.1, 0.15) is 12.4 Å². The van der Waals surface area contributed by atoms with Crippen LogP contribution in [0.1, 0.15) is 5.56 Å². The summed E-state index contributed by atoms with van der Waals surface area (Å²) in [7, 11) is 2.05. The van der Waals surface area contributed by atoms with Crippen LogP contribution in [0, 0.1) is 6.92 Å². The molecular formula is C10H11NO. The minimum atomic E-state index is 0.743. The van der Waals surface area contributed by atoms with Crippen molar-refractivity contribution in [3.8, 4) is 5.75 Å². The molecule has 1 aromatic carbocycles. The summed E-state index contributed by atoms with van der Waals surface area (Å²) in [6, 6.07) is 5.75. The van der Waals surface area contributed by atoms with E-state index in [1.165, 1.54) is 0 Å². The van der Waals surface area contributed by atoms with Gasteiger partial charge in [-0.2, -0.15) is 0 Å². The van der Waals surface area contributed by atoms with E-state index in [-0.39, 0.29) is 0 Å². The number of likely N-dealkylation sites (N-methyl/N-ethyl adjacent to an activating group) is 1. The number of ether oxygens (including phenoxy) is 1. The van der Waals surface area contributed by atoms with Gasteiger partial charge in [0.05, 0.1) is 12.2 Å². The third-order valence-corrected chi connectivity index (χ3v) is 2.08. The smallest absolute Gasteiger partial charge is 0.142 e. The van der Waals surface area contributed by atoms with Gasteiger partial charge in [0.2, 0.25) is 0 Å². The zero-order chi connectivity index (χ0) is 8.55. The van der Waals surface area contributed by atoms with Crippen molar-refractivity contribution in [1.29, 1.82) is 0 Å². The molecule has 0 spiro atoms.